The second-order valence-corrected chi connectivity index (χ2v) is 2.03. The standard InChI is InChI=1S/C4H9NOS2/c6-4(5-8)2-1-3-7/h7-8H,1-3H2,(H,5,6). The normalized spacial score (nSPS) is 8.75. The minimum absolute atomic E-state index is 0.0395. The van der Waals surface area contributed by atoms with Gasteiger partial charge in [-0.1, -0.05) is 12.8 Å². The summed E-state index contributed by atoms with van der Waals surface area (Å²) >= 11 is 7.49. The van der Waals surface area contributed by atoms with Gasteiger partial charge >= 0.3 is 0 Å². The maximum Gasteiger partial charge on any atom is 0.229 e. The third-order valence-corrected chi connectivity index (χ3v) is 1.25. The van der Waals surface area contributed by atoms with E-state index in [0.29, 0.717) is 6.42 Å². The molecule has 8 heavy (non-hydrogen) atoms. The van der Waals surface area contributed by atoms with E-state index in [0.717, 1.165) is 12.2 Å². The first kappa shape index (κ1) is 8.17. The van der Waals surface area contributed by atoms with E-state index < -0.39 is 0 Å². The predicted octanol–water partition coefficient (Wildman–Crippen LogP) is 0.657. The van der Waals surface area contributed by atoms with Gasteiger partial charge in [0.1, 0.15) is 0 Å². The van der Waals surface area contributed by atoms with Crippen LogP contribution >= 0.6 is 25.4 Å². The van der Waals surface area contributed by atoms with Crippen LogP contribution in [-0.2, 0) is 4.79 Å². The molecule has 0 fully saturated rings. The molecule has 0 heterocycles. The van der Waals surface area contributed by atoms with Gasteiger partial charge < -0.3 is 4.72 Å². The molecule has 0 aromatic carbocycles. The van der Waals surface area contributed by atoms with Crippen LogP contribution in [0.2, 0.25) is 0 Å². The van der Waals surface area contributed by atoms with Gasteiger partial charge in [-0.15, -0.1) is 0 Å². The largest absolute Gasteiger partial charge is 0.303 e. The van der Waals surface area contributed by atoms with Crippen molar-refractivity contribution in [1.82, 2.24) is 4.72 Å². The molecule has 0 bridgehead atoms. The maximum absolute atomic E-state index is 10.3. The van der Waals surface area contributed by atoms with Gasteiger partial charge in [-0.25, -0.2) is 0 Å². The smallest absolute Gasteiger partial charge is 0.229 e. The molecule has 0 aliphatic rings. The highest BCUT2D eigenvalue weighted by Crippen LogP contribution is 1.90. The predicted molar refractivity (Wildman–Crippen MR) is 40.2 cm³/mol. The lowest BCUT2D eigenvalue weighted by atomic mass is 10.3. The Morgan fingerprint density at radius 3 is 2.62 bits per heavy atom. The topological polar surface area (TPSA) is 29.1 Å². The first-order valence-electron chi connectivity index (χ1n) is 2.35. The summed E-state index contributed by atoms with van der Waals surface area (Å²) in [5.41, 5.74) is 0. The Labute approximate surface area is 60.0 Å². The molecular weight excluding hydrogens is 142 g/mol. The molecule has 0 saturated carbocycles. The Morgan fingerprint density at radius 1 is 1.62 bits per heavy atom. The summed E-state index contributed by atoms with van der Waals surface area (Å²) in [7, 11) is 0. The van der Waals surface area contributed by atoms with Crippen LogP contribution in [0.3, 0.4) is 0 Å². The molecule has 0 spiro atoms. The third kappa shape index (κ3) is 4.33. The average Bonchev–Trinajstić information content (AvgIpc) is 1.83. The van der Waals surface area contributed by atoms with Crippen molar-refractivity contribution in [3.8, 4) is 0 Å². The number of thiol groups is 2. The number of carbonyl (C=O) groups is 1. The number of rotatable bonds is 3. The lowest BCUT2D eigenvalue weighted by Gasteiger charge is -1.92. The van der Waals surface area contributed by atoms with Gasteiger partial charge in [0.05, 0.1) is 0 Å². The summed E-state index contributed by atoms with van der Waals surface area (Å²) in [4.78, 5) is 10.3. The molecule has 2 nitrogen and oxygen atoms in total. The van der Waals surface area contributed by atoms with Gasteiger partial charge in [-0.2, -0.15) is 12.6 Å². The van der Waals surface area contributed by atoms with Crippen molar-refractivity contribution in [1.29, 1.82) is 0 Å². The Kier molecular flexibility index (Phi) is 5.42. The molecule has 0 saturated heterocycles. The average molecular weight is 151 g/mol. The molecule has 1 amide bonds. The molecule has 4 heteroatoms. The maximum atomic E-state index is 10.3. The zero-order valence-electron chi connectivity index (χ0n) is 4.42. The summed E-state index contributed by atoms with van der Waals surface area (Å²) in [5, 5.41) is 0. The van der Waals surface area contributed by atoms with Gasteiger partial charge in [-0.05, 0) is 12.2 Å². The number of nitrogens with one attached hydrogen (secondary N) is 1. The highest BCUT2D eigenvalue weighted by atomic mass is 32.1. The molecule has 0 aliphatic carbocycles. The van der Waals surface area contributed by atoms with Gasteiger partial charge in [0.25, 0.3) is 0 Å². The number of carbonyl (C=O) groups excluding carboxylic acids is 1. The lowest BCUT2D eigenvalue weighted by Crippen LogP contribution is -2.11. The van der Waals surface area contributed by atoms with Crippen molar-refractivity contribution >= 4 is 31.4 Å². The zero-order chi connectivity index (χ0) is 6.41. The molecule has 48 valence electrons. The Hall–Kier alpha value is 0.170. The SMILES string of the molecule is O=C(CCCS)NS. The van der Waals surface area contributed by atoms with E-state index in [1.54, 1.807) is 0 Å². The van der Waals surface area contributed by atoms with E-state index in [1.807, 2.05) is 0 Å². The van der Waals surface area contributed by atoms with Crippen molar-refractivity contribution in [2.24, 2.45) is 0 Å². The minimum atomic E-state index is -0.0395. The summed E-state index contributed by atoms with van der Waals surface area (Å²) < 4.78 is 2.22. The summed E-state index contributed by atoms with van der Waals surface area (Å²) in [6.45, 7) is 0. The van der Waals surface area contributed by atoms with Crippen molar-refractivity contribution in [3.63, 3.8) is 0 Å². The fourth-order valence-corrected chi connectivity index (χ4v) is 0.565. The second-order valence-electron chi connectivity index (χ2n) is 1.36. The second kappa shape index (κ2) is 5.31. The molecule has 0 unspecified atom stereocenters. The molecule has 0 radical (unpaired) electrons. The summed E-state index contributed by atoms with van der Waals surface area (Å²) in [5.74, 6) is 0.712. The third-order valence-electron chi connectivity index (χ3n) is 0.687. The van der Waals surface area contributed by atoms with Crippen molar-refractivity contribution in [3.05, 3.63) is 0 Å². The highest BCUT2D eigenvalue weighted by molar-refractivity contribution is 7.80. The molecule has 0 aromatic heterocycles. The van der Waals surface area contributed by atoms with Crippen LogP contribution in [-0.4, -0.2) is 11.7 Å². The van der Waals surface area contributed by atoms with Crippen LogP contribution in [0.1, 0.15) is 12.8 Å². The van der Waals surface area contributed by atoms with Crippen LogP contribution < -0.4 is 4.72 Å². The van der Waals surface area contributed by atoms with E-state index in [-0.39, 0.29) is 5.91 Å². The Bertz CT molecular complexity index is 76.4. The van der Waals surface area contributed by atoms with Gasteiger partial charge in [0, 0.05) is 6.42 Å². The number of hydrogen-bond acceptors (Lipinski definition) is 3. The van der Waals surface area contributed by atoms with Crippen molar-refractivity contribution in [2.75, 3.05) is 5.75 Å². The monoisotopic (exact) mass is 151 g/mol. The number of hydrogen-bond donors (Lipinski definition) is 3. The molecule has 1 N–H and O–H groups in total. The van der Waals surface area contributed by atoms with Gasteiger partial charge in [0.15, 0.2) is 0 Å². The van der Waals surface area contributed by atoms with Crippen molar-refractivity contribution in [2.45, 2.75) is 12.8 Å². The summed E-state index contributed by atoms with van der Waals surface area (Å²) in [6, 6.07) is 0. The molecular formula is C4H9NOS2. The fourth-order valence-electron chi connectivity index (χ4n) is 0.296. The quantitative estimate of drug-likeness (QED) is 0.508. The van der Waals surface area contributed by atoms with Gasteiger partial charge in [-0.3, -0.25) is 4.79 Å². The van der Waals surface area contributed by atoms with E-state index in [1.165, 1.54) is 0 Å². The molecule has 0 aliphatic heterocycles. The van der Waals surface area contributed by atoms with Crippen LogP contribution in [0.25, 0.3) is 0 Å². The van der Waals surface area contributed by atoms with Crippen LogP contribution in [0.4, 0.5) is 0 Å². The van der Waals surface area contributed by atoms with E-state index >= 15 is 0 Å². The van der Waals surface area contributed by atoms with Crippen LogP contribution in [0.5, 0.6) is 0 Å². The van der Waals surface area contributed by atoms with Crippen LogP contribution in [0, 0.1) is 0 Å². The zero-order valence-corrected chi connectivity index (χ0v) is 6.21. The summed E-state index contributed by atoms with van der Waals surface area (Å²) in [6.07, 6.45) is 1.34. The van der Waals surface area contributed by atoms with Gasteiger partial charge in [0.2, 0.25) is 5.91 Å². The Morgan fingerprint density at radius 2 is 2.25 bits per heavy atom. The van der Waals surface area contributed by atoms with E-state index in [9.17, 15) is 4.79 Å². The Balaban J connectivity index is 2.99. The molecule has 0 aromatic rings. The van der Waals surface area contributed by atoms with Crippen LogP contribution in [0.15, 0.2) is 0 Å². The van der Waals surface area contributed by atoms with E-state index in [4.69, 9.17) is 0 Å². The fraction of sp³-hybridized carbons (Fsp3) is 0.750. The van der Waals surface area contributed by atoms with Crippen molar-refractivity contribution < 1.29 is 4.79 Å². The highest BCUT2D eigenvalue weighted by Gasteiger charge is 1.93. The first-order chi connectivity index (χ1) is 3.81. The lowest BCUT2D eigenvalue weighted by molar-refractivity contribution is -0.119. The first-order valence-corrected chi connectivity index (χ1v) is 3.43. The molecule has 0 atom stereocenters. The van der Waals surface area contributed by atoms with E-state index in [2.05, 4.69) is 30.2 Å². The number of amides is 1. The minimum Gasteiger partial charge on any atom is -0.303 e. The molecule has 0 rings (SSSR count).